The Hall–Kier alpha value is -0.570. The maximum Gasteiger partial charge on any atom is 0.313 e. The normalized spacial score (nSPS) is 20.1. The Balaban J connectivity index is 2.51. The molecule has 1 fully saturated rings. The largest absolute Gasteiger partial charge is 0.465 e. The molecule has 0 amide bonds. The SMILES string of the molecule is CCCCOC(=O)C1(CN)CCCCCC1. The van der Waals surface area contributed by atoms with E-state index >= 15 is 0 Å². The van der Waals surface area contributed by atoms with Crippen LogP contribution >= 0.6 is 0 Å². The lowest BCUT2D eigenvalue weighted by Crippen LogP contribution is -2.39. The monoisotopic (exact) mass is 227 g/mol. The zero-order valence-corrected chi connectivity index (χ0v) is 10.5. The Morgan fingerprint density at radius 2 is 1.88 bits per heavy atom. The average Bonchev–Trinajstić information content (AvgIpc) is 2.55. The van der Waals surface area contributed by atoms with Gasteiger partial charge >= 0.3 is 5.97 Å². The van der Waals surface area contributed by atoms with Crippen LogP contribution in [-0.2, 0) is 9.53 Å². The molecule has 0 saturated heterocycles. The quantitative estimate of drug-likeness (QED) is 0.446. The van der Waals surface area contributed by atoms with Crippen molar-refractivity contribution in [3.8, 4) is 0 Å². The second-order valence-corrected chi connectivity index (χ2v) is 4.89. The molecule has 2 N–H and O–H groups in total. The van der Waals surface area contributed by atoms with Crippen LogP contribution in [0.25, 0.3) is 0 Å². The molecule has 1 aliphatic carbocycles. The predicted octanol–water partition coefficient (Wildman–Crippen LogP) is 2.63. The minimum atomic E-state index is -0.371. The smallest absolute Gasteiger partial charge is 0.313 e. The number of hydrogen-bond donors (Lipinski definition) is 1. The van der Waals surface area contributed by atoms with Crippen molar-refractivity contribution in [2.24, 2.45) is 11.1 Å². The molecule has 0 spiro atoms. The van der Waals surface area contributed by atoms with Crippen LogP contribution in [0.5, 0.6) is 0 Å². The Bertz CT molecular complexity index is 208. The molecule has 0 atom stereocenters. The summed E-state index contributed by atoms with van der Waals surface area (Å²) in [6.07, 6.45) is 8.51. The van der Waals surface area contributed by atoms with Crippen LogP contribution in [0, 0.1) is 5.41 Å². The van der Waals surface area contributed by atoms with Crippen molar-refractivity contribution in [1.82, 2.24) is 0 Å². The van der Waals surface area contributed by atoms with Gasteiger partial charge in [0.15, 0.2) is 0 Å². The van der Waals surface area contributed by atoms with Gasteiger partial charge in [0.05, 0.1) is 12.0 Å². The number of carbonyl (C=O) groups excluding carboxylic acids is 1. The number of nitrogens with two attached hydrogens (primary N) is 1. The first-order valence-corrected chi connectivity index (χ1v) is 6.62. The van der Waals surface area contributed by atoms with Crippen molar-refractivity contribution < 1.29 is 9.53 Å². The average molecular weight is 227 g/mol. The number of esters is 1. The summed E-state index contributed by atoms with van der Waals surface area (Å²) in [5, 5.41) is 0. The Morgan fingerprint density at radius 1 is 1.25 bits per heavy atom. The molecule has 3 nitrogen and oxygen atoms in total. The molecule has 1 saturated carbocycles. The van der Waals surface area contributed by atoms with Gasteiger partial charge in [0.2, 0.25) is 0 Å². The topological polar surface area (TPSA) is 52.3 Å². The van der Waals surface area contributed by atoms with Gasteiger partial charge in [-0.15, -0.1) is 0 Å². The van der Waals surface area contributed by atoms with Gasteiger partial charge in [-0.1, -0.05) is 39.0 Å². The van der Waals surface area contributed by atoms with Crippen molar-refractivity contribution in [2.75, 3.05) is 13.2 Å². The second-order valence-electron chi connectivity index (χ2n) is 4.89. The van der Waals surface area contributed by atoms with Crippen molar-refractivity contribution in [3.05, 3.63) is 0 Å². The lowest BCUT2D eigenvalue weighted by molar-refractivity contribution is -0.156. The molecule has 0 radical (unpaired) electrons. The maximum absolute atomic E-state index is 12.1. The van der Waals surface area contributed by atoms with Gasteiger partial charge in [0.25, 0.3) is 0 Å². The number of unbranched alkanes of at least 4 members (excludes halogenated alkanes) is 1. The molecule has 0 aliphatic heterocycles. The van der Waals surface area contributed by atoms with Crippen molar-refractivity contribution >= 4 is 5.97 Å². The van der Waals surface area contributed by atoms with E-state index in [1.54, 1.807) is 0 Å². The predicted molar refractivity (Wildman–Crippen MR) is 65.1 cm³/mol. The molecular formula is C13H25NO2. The van der Waals surface area contributed by atoms with Gasteiger partial charge < -0.3 is 10.5 Å². The van der Waals surface area contributed by atoms with E-state index in [1.165, 1.54) is 12.8 Å². The van der Waals surface area contributed by atoms with Crippen molar-refractivity contribution in [2.45, 2.75) is 58.3 Å². The molecule has 0 heterocycles. The van der Waals surface area contributed by atoms with Crippen LogP contribution in [0.15, 0.2) is 0 Å². The molecule has 1 rings (SSSR count). The van der Waals surface area contributed by atoms with E-state index in [4.69, 9.17) is 10.5 Å². The summed E-state index contributed by atoms with van der Waals surface area (Å²) in [5.74, 6) is -0.0506. The molecule has 0 aromatic carbocycles. The summed E-state index contributed by atoms with van der Waals surface area (Å²) < 4.78 is 5.35. The molecule has 1 aliphatic rings. The van der Waals surface area contributed by atoms with Crippen LogP contribution in [0.2, 0.25) is 0 Å². The first-order chi connectivity index (χ1) is 7.75. The van der Waals surface area contributed by atoms with Crippen LogP contribution in [0.3, 0.4) is 0 Å². The third kappa shape index (κ3) is 3.48. The molecule has 0 aromatic rings. The van der Waals surface area contributed by atoms with Gasteiger partial charge in [-0.25, -0.2) is 0 Å². The van der Waals surface area contributed by atoms with Gasteiger partial charge in [0.1, 0.15) is 0 Å². The lowest BCUT2D eigenvalue weighted by Gasteiger charge is -2.28. The van der Waals surface area contributed by atoms with Crippen molar-refractivity contribution in [1.29, 1.82) is 0 Å². The van der Waals surface area contributed by atoms with Crippen LogP contribution in [0.1, 0.15) is 58.3 Å². The summed E-state index contributed by atoms with van der Waals surface area (Å²) in [4.78, 5) is 12.1. The van der Waals surface area contributed by atoms with Crippen LogP contribution in [0.4, 0.5) is 0 Å². The molecule has 16 heavy (non-hydrogen) atoms. The molecular weight excluding hydrogens is 202 g/mol. The number of hydrogen-bond acceptors (Lipinski definition) is 3. The van der Waals surface area contributed by atoms with Crippen LogP contribution < -0.4 is 5.73 Å². The number of rotatable bonds is 5. The molecule has 94 valence electrons. The van der Waals surface area contributed by atoms with Gasteiger partial charge in [-0.2, -0.15) is 0 Å². The Morgan fingerprint density at radius 3 is 2.38 bits per heavy atom. The third-order valence-corrected chi connectivity index (χ3v) is 3.62. The van der Waals surface area contributed by atoms with Gasteiger partial charge in [-0.3, -0.25) is 4.79 Å². The highest BCUT2D eigenvalue weighted by atomic mass is 16.5. The van der Waals surface area contributed by atoms with E-state index in [1.807, 2.05) is 0 Å². The highest BCUT2D eigenvalue weighted by Crippen LogP contribution is 2.35. The maximum atomic E-state index is 12.1. The van der Waals surface area contributed by atoms with E-state index < -0.39 is 0 Å². The van der Waals surface area contributed by atoms with E-state index in [9.17, 15) is 4.79 Å². The zero-order chi connectivity index (χ0) is 11.9. The zero-order valence-electron chi connectivity index (χ0n) is 10.5. The van der Waals surface area contributed by atoms with E-state index in [0.717, 1.165) is 38.5 Å². The van der Waals surface area contributed by atoms with Crippen molar-refractivity contribution in [3.63, 3.8) is 0 Å². The van der Waals surface area contributed by atoms with E-state index in [0.29, 0.717) is 13.2 Å². The lowest BCUT2D eigenvalue weighted by atomic mass is 9.80. The fourth-order valence-corrected chi connectivity index (χ4v) is 2.36. The Kier molecular flexibility index (Phi) is 5.81. The van der Waals surface area contributed by atoms with E-state index in [-0.39, 0.29) is 11.4 Å². The minimum Gasteiger partial charge on any atom is -0.465 e. The summed E-state index contributed by atoms with van der Waals surface area (Å²) >= 11 is 0. The Labute approximate surface area is 98.7 Å². The second kappa shape index (κ2) is 6.89. The minimum absolute atomic E-state index is 0.0506. The third-order valence-electron chi connectivity index (χ3n) is 3.62. The standard InChI is InChI=1S/C13H25NO2/c1-2-3-10-16-12(15)13(11-14)8-6-4-5-7-9-13/h2-11,14H2,1H3. The highest BCUT2D eigenvalue weighted by molar-refractivity contribution is 5.77. The fourth-order valence-electron chi connectivity index (χ4n) is 2.36. The summed E-state index contributed by atoms with van der Waals surface area (Å²) in [6, 6.07) is 0. The molecule has 0 aromatic heterocycles. The number of carbonyl (C=O) groups is 1. The highest BCUT2D eigenvalue weighted by Gasteiger charge is 2.38. The number of ether oxygens (including phenoxy) is 1. The van der Waals surface area contributed by atoms with Gasteiger partial charge in [-0.05, 0) is 19.3 Å². The first-order valence-electron chi connectivity index (χ1n) is 6.62. The molecule has 3 heteroatoms. The van der Waals surface area contributed by atoms with Gasteiger partial charge in [0, 0.05) is 6.54 Å². The van der Waals surface area contributed by atoms with Crippen LogP contribution in [-0.4, -0.2) is 19.1 Å². The van der Waals surface area contributed by atoms with E-state index in [2.05, 4.69) is 6.92 Å². The fraction of sp³-hybridized carbons (Fsp3) is 0.923. The summed E-state index contributed by atoms with van der Waals surface area (Å²) in [5.41, 5.74) is 5.44. The molecule has 0 bridgehead atoms. The summed E-state index contributed by atoms with van der Waals surface area (Å²) in [7, 11) is 0. The molecule has 0 unspecified atom stereocenters. The first kappa shape index (κ1) is 13.5. The summed E-state index contributed by atoms with van der Waals surface area (Å²) in [6.45, 7) is 3.09.